The van der Waals surface area contributed by atoms with Gasteiger partial charge >= 0.3 is 5.97 Å². The van der Waals surface area contributed by atoms with Crippen LogP contribution in [-0.2, 0) is 12.8 Å². The first-order chi connectivity index (χ1) is 16.2. The van der Waals surface area contributed by atoms with E-state index in [1.165, 1.54) is 28.9 Å². The Kier molecular flexibility index (Phi) is 5.90. The van der Waals surface area contributed by atoms with E-state index in [-0.39, 0.29) is 11.3 Å². The van der Waals surface area contributed by atoms with Crippen LogP contribution in [0.1, 0.15) is 69.4 Å². The van der Waals surface area contributed by atoms with Gasteiger partial charge < -0.3 is 20.1 Å². The van der Waals surface area contributed by atoms with E-state index in [0.717, 1.165) is 35.4 Å². The van der Waals surface area contributed by atoms with Gasteiger partial charge in [0.05, 0.1) is 12.7 Å². The summed E-state index contributed by atoms with van der Waals surface area (Å²) in [6.45, 7) is 6.89. The molecular weight excluding hydrogens is 468 g/mol. The Morgan fingerprint density at radius 2 is 1.97 bits per heavy atom. The maximum Gasteiger partial charge on any atom is 0.353 e. The molecule has 1 aromatic carbocycles. The first-order valence-electron chi connectivity index (χ1n) is 11.4. The third-order valence-corrected chi connectivity index (χ3v) is 8.75. The Morgan fingerprint density at radius 1 is 1.15 bits per heavy atom. The molecule has 0 unspecified atom stereocenters. The summed E-state index contributed by atoms with van der Waals surface area (Å²) in [5.41, 5.74) is 3.09. The standard InChI is InChI=1S/C26H28N2O4S2/c1-26(2,3)15-8-9-16-20(13-15)34-24-21(16)23(29)27-22(28-24)14-7-10-17(18(12-14)31-4)32-25(30)19-6-5-11-33-19/h5-7,10-12,15,22,28H,8-9,13H2,1-4H3,(H,27,29)/t15-,22-/m0/s1. The highest BCUT2D eigenvalue weighted by Crippen LogP contribution is 2.46. The number of rotatable bonds is 4. The van der Waals surface area contributed by atoms with Crippen LogP contribution in [0.2, 0.25) is 0 Å². The van der Waals surface area contributed by atoms with Gasteiger partial charge in [0, 0.05) is 4.88 Å². The summed E-state index contributed by atoms with van der Waals surface area (Å²) in [6.07, 6.45) is 2.68. The molecule has 0 bridgehead atoms. The highest BCUT2D eigenvalue weighted by atomic mass is 32.1. The lowest BCUT2D eigenvalue weighted by molar-refractivity contribution is 0.0734. The number of carbonyl (C=O) groups excluding carboxylic acids is 2. The van der Waals surface area contributed by atoms with Crippen LogP contribution < -0.4 is 20.1 Å². The lowest BCUT2D eigenvalue weighted by Gasteiger charge is -2.34. The zero-order valence-corrected chi connectivity index (χ0v) is 21.3. The third kappa shape index (κ3) is 4.20. The summed E-state index contributed by atoms with van der Waals surface area (Å²) in [5.74, 6) is 0.924. The second-order valence-electron chi connectivity index (χ2n) is 9.84. The van der Waals surface area contributed by atoms with E-state index in [2.05, 4.69) is 31.4 Å². The third-order valence-electron chi connectivity index (χ3n) is 6.71. The average Bonchev–Trinajstić information content (AvgIpc) is 3.46. The van der Waals surface area contributed by atoms with E-state index in [1.807, 2.05) is 11.4 Å². The predicted octanol–water partition coefficient (Wildman–Crippen LogP) is 6.04. The van der Waals surface area contributed by atoms with Crippen LogP contribution >= 0.6 is 22.7 Å². The van der Waals surface area contributed by atoms with Crippen molar-refractivity contribution in [2.24, 2.45) is 11.3 Å². The molecule has 2 atom stereocenters. The van der Waals surface area contributed by atoms with Crippen molar-refractivity contribution in [3.63, 3.8) is 0 Å². The minimum absolute atomic E-state index is 0.0439. The van der Waals surface area contributed by atoms with Crippen molar-refractivity contribution in [3.05, 3.63) is 62.2 Å². The SMILES string of the molecule is COc1cc([C@H]2NC(=O)c3c(sc4c3CC[C@H](C(C)(C)C)C4)N2)ccc1OC(=O)c1cccs1. The molecule has 0 spiro atoms. The van der Waals surface area contributed by atoms with E-state index >= 15 is 0 Å². The maximum absolute atomic E-state index is 13.1. The van der Waals surface area contributed by atoms with E-state index in [0.29, 0.717) is 22.3 Å². The van der Waals surface area contributed by atoms with Crippen molar-refractivity contribution in [2.45, 2.75) is 46.2 Å². The van der Waals surface area contributed by atoms with E-state index < -0.39 is 12.1 Å². The molecule has 1 aliphatic heterocycles. The second-order valence-corrected chi connectivity index (χ2v) is 11.9. The quantitative estimate of drug-likeness (QED) is 0.340. The van der Waals surface area contributed by atoms with Crippen LogP contribution in [0.3, 0.4) is 0 Å². The number of esters is 1. The molecule has 1 aliphatic carbocycles. The van der Waals surface area contributed by atoms with Crippen molar-refractivity contribution >= 4 is 39.6 Å². The fraction of sp³-hybridized carbons (Fsp3) is 0.385. The first-order valence-corrected chi connectivity index (χ1v) is 13.1. The summed E-state index contributed by atoms with van der Waals surface area (Å²) in [6, 6.07) is 8.86. The van der Waals surface area contributed by atoms with Gasteiger partial charge in [-0.25, -0.2) is 4.79 Å². The van der Waals surface area contributed by atoms with Crippen molar-refractivity contribution in [1.82, 2.24) is 5.32 Å². The number of benzene rings is 1. The largest absolute Gasteiger partial charge is 0.493 e. The van der Waals surface area contributed by atoms with Gasteiger partial charge in [0.1, 0.15) is 16.0 Å². The minimum Gasteiger partial charge on any atom is -0.493 e. The Morgan fingerprint density at radius 3 is 2.68 bits per heavy atom. The van der Waals surface area contributed by atoms with E-state index in [4.69, 9.17) is 9.47 Å². The molecule has 3 heterocycles. The summed E-state index contributed by atoms with van der Waals surface area (Å²) < 4.78 is 11.0. The summed E-state index contributed by atoms with van der Waals surface area (Å²) in [5, 5.41) is 9.37. The molecule has 0 radical (unpaired) electrons. The molecule has 2 aliphatic rings. The lowest BCUT2D eigenvalue weighted by Crippen LogP contribution is -2.38. The number of amides is 1. The Hall–Kier alpha value is -2.84. The molecule has 2 N–H and O–H groups in total. The van der Waals surface area contributed by atoms with Gasteiger partial charge in [-0.1, -0.05) is 32.9 Å². The lowest BCUT2D eigenvalue weighted by atomic mass is 9.72. The van der Waals surface area contributed by atoms with Crippen LogP contribution in [0.15, 0.2) is 35.7 Å². The van der Waals surface area contributed by atoms with Crippen molar-refractivity contribution in [1.29, 1.82) is 0 Å². The molecule has 5 rings (SSSR count). The van der Waals surface area contributed by atoms with Gasteiger partial charge in [0.25, 0.3) is 5.91 Å². The summed E-state index contributed by atoms with van der Waals surface area (Å²) in [7, 11) is 1.53. The number of hydrogen-bond acceptors (Lipinski definition) is 7. The second kappa shape index (κ2) is 8.74. The monoisotopic (exact) mass is 496 g/mol. The maximum atomic E-state index is 13.1. The van der Waals surface area contributed by atoms with E-state index in [1.54, 1.807) is 35.6 Å². The zero-order valence-electron chi connectivity index (χ0n) is 19.7. The topological polar surface area (TPSA) is 76.7 Å². The molecule has 8 heteroatoms. The minimum atomic E-state index is -0.424. The highest BCUT2D eigenvalue weighted by molar-refractivity contribution is 7.16. The van der Waals surface area contributed by atoms with Gasteiger partial charge in [-0.05, 0) is 65.3 Å². The normalized spacial score (nSPS) is 19.5. The zero-order chi connectivity index (χ0) is 24.0. The fourth-order valence-electron chi connectivity index (χ4n) is 4.70. The molecule has 6 nitrogen and oxygen atoms in total. The molecule has 3 aromatic rings. The Balaban J connectivity index is 1.38. The van der Waals surface area contributed by atoms with Crippen LogP contribution in [0.25, 0.3) is 0 Å². The van der Waals surface area contributed by atoms with Gasteiger partial charge in [-0.3, -0.25) is 4.79 Å². The van der Waals surface area contributed by atoms with Crippen LogP contribution in [0.4, 0.5) is 5.00 Å². The molecule has 0 fully saturated rings. The van der Waals surface area contributed by atoms with Crippen LogP contribution in [-0.4, -0.2) is 19.0 Å². The van der Waals surface area contributed by atoms with E-state index in [9.17, 15) is 9.59 Å². The number of fused-ring (bicyclic) bond motifs is 3. The molecule has 1 amide bonds. The number of methoxy groups -OCH3 is 1. The molecule has 178 valence electrons. The molecule has 0 saturated heterocycles. The number of ether oxygens (including phenoxy) is 2. The Bertz CT molecular complexity index is 1240. The first kappa shape index (κ1) is 22.9. The highest BCUT2D eigenvalue weighted by Gasteiger charge is 2.36. The van der Waals surface area contributed by atoms with Crippen LogP contribution in [0.5, 0.6) is 11.5 Å². The molecule has 2 aromatic heterocycles. The number of anilines is 1. The summed E-state index contributed by atoms with van der Waals surface area (Å²) in [4.78, 5) is 27.3. The molecular formula is C26H28N2O4S2. The summed E-state index contributed by atoms with van der Waals surface area (Å²) >= 11 is 3.03. The average molecular weight is 497 g/mol. The number of carbonyl (C=O) groups is 2. The molecule has 34 heavy (non-hydrogen) atoms. The smallest absolute Gasteiger partial charge is 0.353 e. The fourth-order valence-corrected chi connectivity index (χ4v) is 6.65. The van der Waals surface area contributed by atoms with Crippen molar-refractivity contribution < 1.29 is 19.1 Å². The number of hydrogen-bond donors (Lipinski definition) is 2. The van der Waals surface area contributed by atoms with Crippen molar-refractivity contribution in [3.8, 4) is 11.5 Å². The van der Waals surface area contributed by atoms with Crippen molar-refractivity contribution in [2.75, 3.05) is 12.4 Å². The van der Waals surface area contributed by atoms with Gasteiger partial charge in [-0.15, -0.1) is 22.7 Å². The predicted molar refractivity (Wildman–Crippen MR) is 135 cm³/mol. The van der Waals surface area contributed by atoms with Gasteiger partial charge in [-0.2, -0.15) is 0 Å². The number of thiophene rings is 2. The van der Waals surface area contributed by atoms with Gasteiger partial charge in [0.15, 0.2) is 11.5 Å². The van der Waals surface area contributed by atoms with Crippen LogP contribution in [0, 0.1) is 11.3 Å². The molecule has 0 saturated carbocycles. The van der Waals surface area contributed by atoms with Gasteiger partial charge in [0.2, 0.25) is 0 Å². The number of nitrogens with one attached hydrogen (secondary N) is 2. The Labute approximate surface area is 207 Å².